The highest BCUT2D eigenvalue weighted by molar-refractivity contribution is 6.37. The largest absolute Gasteiger partial charge is 0.384 e. The van der Waals surface area contributed by atoms with E-state index in [0.717, 1.165) is 0 Å². The first-order valence-electron chi connectivity index (χ1n) is 6.01. The van der Waals surface area contributed by atoms with E-state index in [1.54, 1.807) is 25.3 Å². The second-order valence-electron chi connectivity index (χ2n) is 4.37. The fourth-order valence-electron chi connectivity index (χ4n) is 1.85. The average Bonchev–Trinajstić information content (AvgIpc) is 2.40. The van der Waals surface area contributed by atoms with Gasteiger partial charge in [-0.3, -0.25) is 0 Å². The van der Waals surface area contributed by atoms with Crippen molar-refractivity contribution in [1.82, 2.24) is 9.97 Å². The maximum Gasteiger partial charge on any atom is 0.142 e. The Morgan fingerprint density at radius 3 is 2.35 bits per heavy atom. The van der Waals surface area contributed by atoms with Crippen LogP contribution in [0.2, 0.25) is 10.3 Å². The van der Waals surface area contributed by atoms with E-state index in [0.29, 0.717) is 18.0 Å². The summed E-state index contributed by atoms with van der Waals surface area (Å²) in [5.74, 6) is 0.00389. The number of hydrogen-bond acceptors (Lipinski definition) is 3. The van der Waals surface area contributed by atoms with E-state index in [-0.39, 0.29) is 21.8 Å². The number of methoxy groups -OCH3 is 1. The van der Waals surface area contributed by atoms with Crippen LogP contribution in [-0.4, -0.2) is 23.7 Å². The molecule has 0 aliphatic rings. The Hall–Kier alpha value is -1.23. The summed E-state index contributed by atoms with van der Waals surface area (Å²) in [6.07, 6.45) is 0. The Balaban J connectivity index is 2.50. The van der Waals surface area contributed by atoms with Gasteiger partial charge in [0.05, 0.1) is 12.2 Å². The summed E-state index contributed by atoms with van der Waals surface area (Å²) in [5, 5.41) is 0.265. The predicted molar refractivity (Wildman–Crippen MR) is 77.7 cm³/mol. The molecule has 0 fully saturated rings. The lowest BCUT2D eigenvalue weighted by Crippen LogP contribution is -2.08. The number of benzene rings is 1. The average molecular weight is 315 g/mol. The van der Waals surface area contributed by atoms with Crippen molar-refractivity contribution in [2.24, 2.45) is 0 Å². The van der Waals surface area contributed by atoms with Crippen LogP contribution in [0.25, 0.3) is 11.1 Å². The van der Waals surface area contributed by atoms with Crippen LogP contribution in [0.15, 0.2) is 24.3 Å². The molecular formula is C14H13Cl2FN2O. The van der Waals surface area contributed by atoms with Crippen molar-refractivity contribution in [1.29, 1.82) is 0 Å². The van der Waals surface area contributed by atoms with Crippen molar-refractivity contribution in [2.45, 2.75) is 12.8 Å². The summed E-state index contributed by atoms with van der Waals surface area (Å²) in [4.78, 5) is 8.39. The molecule has 0 N–H and O–H groups in total. The van der Waals surface area contributed by atoms with Crippen LogP contribution < -0.4 is 0 Å². The van der Waals surface area contributed by atoms with Gasteiger partial charge < -0.3 is 4.74 Å². The van der Waals surface area contributed by atoms with Crippen LogP contribution in [0, 0.1) is 5.82 Å². The normalized spacial score (nSPS) is 12.4. The first kappa shape index (κ1) is 15.2. The van der Waals surface area contributed by atoms with E-state index in [4.69, 9.17) is 27.9 Å². The maximum absolute atomic E-state index is 13.8. The van der Waals surface area contributed by atoms with Gasteiger partial charge in [-0.05, 0) is 6.07 Å². The second kappa shape index (κ2) is 6.48. The minimum absolute atomic E-state index is 0.0512. The molecule has 1 aromatic heterocycles. The van der Waals surface area contributed by atoms with Crippen LogP contribution in [-0.2, 0) is 4.74 Å². The number of halogens is 3. The van der Waals surface area contributed by atoms with Crippen LogP contribution in [0.1, 0.15) is 18.7 Å². The standard InChI is InChI=1S/C14H13Cl2FN2O/c1-8(7-20-2)14-18-12(15)11(13(16)19-14)9-5-3-4-6-10(9)17/h3-6,8H,7H2,1-2H3. The van der Waals surface area contributed by atoms with Gasteiger partial charge in [-0.25, -0.2) is 14.4 Å². The molecule has 1 aromatic carbocycles. The molecule has 0 aliphatic carbocycles. The number of hydrogen-bond donors (Lipinski definition) is 0. The summed E-state index contributed by atoms with van der Waals surface area (Å²) < 4.78 is 18.9. The second-order valence-corrected chi connectivity index (χ2v) is 5.09. The topological polar surface area (TPSA) is 35.0 Å². The summed E-state index contributed by atoms with van der Waals surface area (Å²) in [7, 11) is 1.59. The van der Waals surface area contributed by atoms with Crippen molar-refractivity contribution in [3.05, 3.63) is 46.2 Å². The van der Waals surface area contributed by atoms with Crippen molar-refractivity contribution in [3.8, 4) is 11.1 Å². The van der Waals surface area contributed by atoms with Gasteiger partial charge in [-0.1, -0.05) is 48.3 Å². The highest BCUT2D eigenvalue weighted by Gasteiger charge is 2.19. The van der Waals surface area contributed by atoms with Crippen molar-refractivity contribution in [2.75, 3.05) is 13.7 Å². The van der Waals surface area contributed by atoms with Gasteiger partial charge >= 0.3 is 0 Å². The first-order chi connectivity index (χ1) is 9.54. The molecule has 106 valence electrons. The van der Waals surface area contributed by atoms with Gasteiger partial charge in [0, 0.05) is 18.6 Å². The third-order valence-corrected chi connectivity index (χ3v) is 3.39. The first-order valence-corrected chi connectivity index (χ1v) is 6.77. The summed E-state index contributed by atoms with van der Waals surface area (Å²) >= 11 is 12.3. The van der Waals surface area contributed by atoms with E-state index >= 15 is 0 Å². The highest BCUT2D eigenvalue weighted by atomic mass is 35.5. The van der Waals surface area contributed by atoms with E-state index < -0.39 is 5.82 Å². The van der Waals surface area contributed by atoms with Gasteiger partial charge in [0.2, 0.25) is 0 Å². The smallest absolute Gasteiger partial charge is 0.142 e. The summed E-state index contributed by atoms with van der Waals surface area (Å²) in [5.41, 5.74) is 0.591. The maximum atomic E-state index is 13.8. The van der Waals surface area contributed by atoms with Crippen LogP contribution in [0.4, 0.5) is 4.39 Å². The molecule has 20 heavy (non-hydrogen) atoms. The molecule has 0 spiro atoms. The molecule has 0 amide bonds. The number of ether oxygens (including phenoxy) is 1. The van der Waals surface area contributed by atoms with Gasteiger partial charge in [-0.15, -0.1) is 0 Å². The van der Waals surface area contributed by atoms with Gasteiger partial charge in [0.1, 0.15) is 21.9 Å². The molecule has 6 heteroatoms. The number of aromatic nitrogens is 2. The molecule has 0 saturated carbocycles. The van der Waals surface area contributed by atoms with E-state index in [9.17, 15) is 4.39 Å². The molecule has 2 rings (SSSR count). The Kier molecular flexibility index (Phi) is 4.91. The van der Waals surface area contributed by atoms with E-state index in [2.05, 4.69) is 9.97 Å². The third kappa shape index (κ3) is 3.08. The molecule has 3 nitrogen and oxygen atoms in total. The SMILES string of the molecule is COCC(C)c1nc(Cl)c(-c2ccccc2F)c(Cl)n1. The van der Waals surface area contributed by atoms with Gasteiger partial charge in [0.25, 0.3) is 0 Å². The summed E-state index contributed by atoms with van der Waals surface area (Å²) in [6.45, 7) is 2.35. The van der Waals surface area contributed by atoms with E-state index in [1.165, 1.54) is 6.07 Å². The molecular weight excluding hydrogens is 302 g/mol. The fourth-order valence-corrected chi connectivity index (χ4v) is 2.46. The Labute approximate surface area is 126 Å². The Bertz CT molecular complexity index is 599. The summed E-state index contributed by atoms with van der Waals surface area (Å²) in [6, 6.07) is 6.22. The number of nitrogens with zero attached hydrogens (tertiary/aromatic N) is 2. The predicted octanol–water partition coefficient (Wildman–Crippen LogP) is 4.34. The lowest BCUT2D eigenvalue weighted by atomic mass is 10.1. The molecule has 0 aliphatic heterocycles. The molecule has 1 heterocycles. The van der Waals surface area contributed by atoms with E-state index in [1.807, 2.05) is 6.92 Å². The Morgan fingerprint density at radius 2 is 1.80 bits per heavy atom. The minimum Gasteiger partial charge on any atom is -0.384 e. The Morgan fingerprint density at radius 1 is 1.20 bits per heavy atom. The molecule has 0 saturated heterocycles. The van der Waals surface area contributed by atoms with Gasteiger partial charge in [-0.2, -0.15) is 0 Å². The molecule has 0 bridgehead atoms. The van der Waals surface area contributed by atoms with Crippen molar-refractivity contribution < 1.29 is 9.13 Å². The number of rotatable bonds is 4. The molecule has 0 radical (unpaired) electrons. The van der Waals surface area contributed by atoms with Crippen molar-refractivity contribution in [3.63, 3.8) is 0 Å². The lowest BCUT2D eigenvalue weighted by Gasteiger charge is -2.13. The van der Waals surface area contributed by atoms with Crippen LogP contribution in [0.5, 0.6) is 0 Å². The zero-order valence-electron chi connectivity index (χ0n) is 11.0. The van der Waals surface area contributed by atoms with Crippen molar-refractivity contribution >= 4 is 23.2 Å². The quantitative estimate of drug-likeness (QED) is 0.787. The fraction of sp³-hybridized carbons (Fsp3) is 0.286. The molecule has 2 aromatic rings. The zero-order chi connectivity index (χ0) is 14.7. The third-order valence-electron chi connectivity index (χ3n) is 2.84. The highest BCUT2D eigenvalue weighted by Crippen LogP contribution is 2.34. The van der Waals surface area contributed by atoms with Gasteiger partial charge in [0.15, 0.2) is 0 Å². The zero-order valence-corrected chi connectivity index (χ0v) is 12.5. The molecule has 1 atom stereocenters. The van der Waals surface area contributed by atoms with Crippen LogP contribution >= 0.6 is 23.2 Å². The lowest BCUT2D eigenvalue weighted by molar-refractivity contribution is 0.181. The monoisotopic (exact) mass is 314 g/mol. The molecule has 1 unspecified atom stereocenters. The minimum atomic E-state index is -0.419. The van der Waals surface area contributed by atoms with Crippen LogP contribution in [0.3, 0.4) is 0 Å².